The lowest BCUT2D eigenvalue weighted by atomic mass is 10.1. The van der Waals surface area contributed by atoms with Crippen LogP contribution in [0.25, 0.3) is 0 Å². The van der Waals surface area contributed by atoms with E-state index >= 15 is 0 Å². The Kier molecular flexibility index (Phi) is 7.90. The molecule has 0 unspecified atom stereocenters. The fourth-order valence-electron chi connectivity index (χ4n) is 4.25. The quantitative estimate of drug-likeness (QED) is 0.253. The van der Waals surface area contributed by atoms with Gasteiger partial charge in [-0.05, 0) is 24.5 Å². The molecule has 11 nitrogen and oxygen atoms in total. The summed E-state index contributed by atoms with van der Waals surface area (Å²) in [4.78, 5) is 21.5. The van der Waals surface area contributed by atoms with Crippen molar-refractivity contribution in [3.8, 4) is 0 Å². The molecule has 0 saturated heterocycles. The van der Waals surface area contributed by atoms with Gasteiger partial charge in [0.25, 0.3) is 0 Å². The van der Waals surface area contributed by atoms with Gasteiger partial charge in [0.2, 0.25) is 5.78 Å². The van der Waals surface area contributed by atoms with E-state index in [1.165, 1.54) is 24.8 Å². The zero-order valence-electron chi connectivity index (χ0n) is 21.2. The standard InChI is InChI=1S/C24H32N6O5SSi/c1-25-36(33,34)35-22-12-17(11-21(22)31)28-24-19(13-26-15-27-24)23(32)20-8-9-30(29-20)14-16-6-5-7-18(10-16)37(2,3)4/h5-10,13,15,17,21-22,25,31H,11-12,14H2,1-4H3,(H,26,27,28)/t17-,21+,22-/m1/s1. The second kappa shape index (κ2) is 10.8. The summed E-state index contributed by atoms with van der Waals surface area (Å²) in [6, 6.07) is 9.78. The largest absolute Gasteiger partial charge is 0.390 e. The van der Waals surface area contributed by atoms with Crippen LogP contribution in [-0.2, 0) is 21.0 Å². The molecule has 4 rings (SSSR count). The number of hydrogen-bond acceptors (Lipinski definition) is 9. The molecular weight excluding hydrogens is 512 g/mol. The smallest absolute Gasteiger partial charge is 0.335 e. The molecule has 1 aromatic carbocycles. The summed E-state index contributed by atoms with van der Waals surface area (Å²) in [6.07, 6.45) is 3.04. The number of hydrogen-bond donors (Lipinski definition) is 3. The summed E-state index contributed by atoms with van der Waals surface area (Å²) < 4.78 is 32.2. The predicted octanol–water partition coefficient (Wildman–Crippen LogP) is 1.28. The molecule has 0 aliphatic heterocycles. The molecule has 1 fully saturated rings. The van der Waals surface area contributed by atoms with Gasteiger partial charge < -0.3 is 10.4 Å². The van der Waals surface area contributed by atoms with Crippen LogP contribution in [-0.4, -0.2) is 72.4 Å². The minimum absolute atomic E-state index is 0.213. The lowest BCUT2D eigenvalue weighted by Gasteiger charge is -2.17. The van der Waals surface area contributed by atoms with E-state index in [2.05, 4.69) is 69.0 Å². The number of aromatic nitrogens is 4. The molecule has 13 heteroatoms. The van der Waals surface area contributed by atoms with E-state index in [0.29, 0.717) is 6.54 Å². The van der Waals surface area contributed by atoms with Gasteiger partial charge in [0.05, 0.1) is 26.3 Å². The molecule has 0 radical (unpaired) electrons. The van der Waals surface area contributed by atoms with Crippen molar-refractivity contribution in [2.75, 3.05) is 12.4 Å². The Hall–Kier alpha value is -2.97. The molecule has 0 spiro atoms. The average Bonchev–Trinajstić information content (AvgIpc) is 3.44. The van der Waals surface area contributed by atoms with Crippen molar-refractivity contribution in [3.05, 3.63) is 65.9 Å². The Morgan fingerprint density at radius 3 is 2.76 bits per heavy atom. The first-order valence-electron chi connectivity index (χ1n) is 12.0. The first kappa shape index (κ1) is 27.1. The van der Waals surface area contributed by atoms with Crippen LogP contribution in [0.15, 0.2) is 49.1 Å². The summed E-state index contributed by atoms with van der Waals surface area (Å²) in [5.74, 6) is -0.0616. The maximum absolute atomic E-state index is 13.3. The number of ketones is 1. The van der Waals surface area contributed by atoms with Crippen molar-refractivity contribution in [1.29, 1.82) is 0 Å². The van der Waals surface area contributed by atoms with Crippen LogP contribution in [0, 0.1) is 0 Å². The Morgan fingerprint density at radius 2 is 2.03 bits per heavy atom. The summed E-state index contributed by atoms with van der Waals surface area (Å²) in [6.45, 7) is 7.44. The second-order valence-electron chi connectivity index (χ2n) is 10.1. The van der Waals surface area contributed by atoms with E-state index < -0.39 is 30.6 Å². The van der Waals surface area contributed by atoms with Crippen LogP contribution < -0.4 is 15.2 Å². The van der Waals surface area contributed by atoms with E-state index in [1.807, 2.05) is 0 Å². The highest BCUT2D eigenvalue weighted by atomic mass is 32.2. The van der Waals surface area contributed by atoms with Crippen molar-refractivity contribution in [1.82, 2.24) is 24.5 Å². The van der Waals surface area contributed by atoms with Crippen LogP contribution in [0.5, 0.6) is 0 Å². The zero-order valence-corrected chi connectivity index (χ0v) is 23.1. The third-order valence-corrected chi connectivity index (χ3v) is 9.32. The molecule has 1 aliphatic carbocycles. The number of aliphatic hydroxyl groups is 1. The third-order valence-electron chi connectivity index (χ3n) is 6.28. The molecule has 2 heterocycles. The molecule has 198 valence electrons. The number of nitrogens with zero attached hydrogens (tertiary/aromatic N) is 4. The van der Waals surface area contributed by atoms with Gasteiger partial charge in [-0.1, -0.05) is 49.1 Å². The monoisotopic (exact) mass is 544 g/mol. The number of aliphatic hydroxyl groups excluding tert-OH is 1. The fraction of sp³-hybridized carbons (Fsp3) is 0.417. The fourth-order valence-corrected chi connectivity index (χ4v) is 6.09. The highest BCUT2D eigenvalue weighted by Crippen LogP contribution is 2.27. The molecule has 3 atom stereocenters. The van der Waals surface area contributed by atoms with Gasteiger partial charge in [-0.25, -0.2) is 9.97 Å². The van der Waals surface area contributed by atoms with Gasteiger partial charge in [0.1, 0.15) is 23.9 Å². The molecule has 1 saturated carbocycles. The Labute approximate surface area is 217 Å². The molecule has 3 N–H and O–H groups in total. The molecule has 37 heavy (non-hydrogen) atoms. The van der Waals surface area contributed by atoms with Crippen LogP contribution >= 0.6 is 0 Å². The first-order valence-corrected chi connectivity index (χ1v) is 16.9. The highest BCUT2D eigenvalue weighted by molar-refractivity contribution is 7.84. The van der Waals surface area contributed by atoms with Crippen molar-refractivity contribution in [2.24, 2.45) is 0 Å². The molecule has 0 amide bonds. The zero-order chi connectivity index (χ0) is 26.8. The molecular formula is C24H32N6O5SSi. The maximum atomic E-state index is 13.3. The lowest BCUT2D eigenvalue weighted by molar-refractivity contribution is 0.0636. The minimum Gasteiger partial charge on any atom is -0.390 e. The van der Waals surface area contributed by atoms with Gasteiger partial charge in [-0.3, -0.25) is 13.7 Å². The maximum Gasteiger partial charge on any atom is 0.335 e. The number of nitrogens with one attached hydrogen (secondary N) is 2. The van der Waals surface area contributed by atoms with Gasteiger partial charge in [0.15, 0.2) is 0 Å². The van der Waals surface area contributed by atoms with E-state index in [9.17, 15) is 18.3 Å². The van der Waals surface area contributed by atoms with Crippen LogP contribution in [0.4, 0.5) is 5.82 Å². The minimum atomic E-state index is -3.95. The molecule has 3 aromatic rings. The number of anilines is 1. The summed E-state index contributed by atoms with van der Waals surface area (Å²) >= 11 is 0. The lowest BCUT2D eigenvalue weighted by Crippen LogP contribution is -2.37. The SMILES string of the molecule is CNS(=O)(=O)O[C@@H]1C[C@H](Nc2ncncc2C(=O)c2ccn(Cc3cccc([Si](C)(C)C)c3)n2)C[C@@H]1O. The van der Waals surface area contributed by atoms with E-state index in [1.54, 1.807) is 16.9 Å². The Balaban J connectivity index is 1.46. The normalized spacial score (nSPS) is 20.2. The van der Waals surface area contributed by atoms with Crippen LogP contribution in [0.2, 0.25) is 19.6 Å². The average molecular weight is 545 g/mol. The Bertz CT molecular complexity index is 1370. The van der Waals surface area contributed by atoms with E-state index in [-0.39, 0.29) is 41.7 Å². The third kappa shape index (κ3) is 6.67. The van der Waals surface area contributed by atoms with Crippen molar-refractivity contribution in [3.63, 3.8) is 0 Å². The number of carbonyl (C=O) groups is 1. The van der Waals surface area contributed by atoms with Crippen LogP contribution in [0.1, 0.15) is 34.5 Å². The van der Waals surface area contributed by atoms with Gasteiger partial charge in [-0.2, -0.15) is 18.2 Å². The van der Waals surface area contributed by atoms with Gasteiger partial charge >= 0.3 is 10.3 Å². The van der Waals surface area contributed by atoms with E-state index in [0.717, 1.165) is 5.56 Å². The summed E-state index contributed by atoms with van der Waals surface area (Å²) in [7, 11) is -4.16. The van der Waals surface area contributed by atoms with Crippen molar-refractivity contribution < 1.29 is 22.5 Å². The van der Waals surface area contributed by atoms with Crippen molar-refractivity contribution in [2.45, 2.75) is 57.3 Å². The number of carbonyl (C=O) groups excluding carboxylic acids is 1. The van der Waals surface area contributed by atoms with Gasteiger partial charge in [-0.15, -0.1) is 0 Å². The molecule has 0 bridgehead atoms. The van der Waals surface area contributed by atoms with E-state index in [4.69, 9.17) is 4.18 Å². The van der Waals surface area contributed by atoms with Crippen molar-refractivity contribution >= 4 is 35.2 Å². The second-order valence-corrected chi connectivity index (χ2v) is 16.7. The highest BCUT2D eigenvalue weighted by Gasteiger charge is 2.37. The molecule has 2 aromatic heterocycles. The Morgan fingerprint density at radius 1 is 1.24 bits per heavy atom. The predicted molar refractivity (Wildman–Crippen MR) is 142 cm³/mol. The number of rotatable bonds is 10. The summed E-state index contributed by atoms with van der Waals surface area (Å²) in [5, 5.41) is 19.2. The summed E-state index contributed by atoms with van der Waals surface area (Å²) in [5.41, 5.74) is 1.60. The van der Waals surface area contributed by atoms with Crippen LogP contribution in [0.3, 0.4) is 0 Å². The topological polar surface area (TPSA) is 148 Å². The number of benzene rings is 1. The molecule has 1 aliphatic rings. The van der Waals surface area contributed by atoms with Gasteiger partial charge in [0, 0.05) is 25.5 Å². The first-order chi connectivity index (χ1) is 17.4.